The van der Waals surface area contributed by atoms with E-state index in [0.29, 0.717) is 0 Å². The van der Waals surface area contributed by atoms with E-state index in [4.69, 9.17) is 5.73 Å². The van der Waals surface area contributed by atoms with Crippen LogP contribution in [0.15, 0.2) is 18.2 Å². The van der Waals surface area contributed by atoms with Crippen LogP contribution in [0.4, 0.5) is 8.78 Å². The summed E-state index contributed by atoms with van der Waals surface area (Å²) >= 11 is 0. The van der Waals surface area contributed by atoms with Gasteiger partial charge >= 0.3 is 0 Å². The second kappa shape index (κ2) is 4.13. The third kappa shape index (κ3) is 1.65. The predicted octanol–water partition coefficient (Wildman–Crippen LogP) is 2.61. The van der Waals surface area contributed by atoms with Gasteiger partial charge in [-0.2, -0.15) is 5.10 Å². The Labute approximate surface area is 119 Å². The van der Waals surface area contributed by atoms with E-state index in [1.165, 1.54) is 16.8 Å². The first-order valence-electron chi connectivity index (χ1n) is 6.94. The molecule has 2 atom stereocenters. The molecule has 2 aliphatic rings. The Morgan fingerprint density at radius 1 is 1.29 bits per heavy atom. The van der Waals surface area contributed by atoms with Gasteiger partial charge in [-0.25, -0.2) is 13.5 Å². The van der Waals surface area contributed by atoms with Gasteiger partial charge in [0.2, 0.25) is 0 Å². The molecule has 1 heterocycles. The lowest BCUT2D eigenvalue weighted by Gasteiger charge is -2.14. The first-order valence-corrected chi connectivity index (χ1v) is 6.94. The zero-order valence-electron chi connectivity index (χ0n) is 11.1. The van der Waals surface area contributed by atoms with Gasteiger partial charge in [-0.15, -0.1) is 0 Å². The second-order valence-corrected chi connectivity index (χ2v) is 5.73. The highest BCUT2D eigenvalue weighted by atomic mass is 19.1. The van der Waals surface area contributed by atoms with Crippen molar-refractivity contribution in [2.75, 3.05) is 0 Å². The number of aromatic nitrogens is 2. The molecule has 4 nitrogen and oxygen atoms in total. The maximum absolute atomic E-state index is 14.0. The summed E-state index contributed by atoms with van der Waals surface area (Å²) < 4.78 is 28.6. The van der Waals surface area contributed by atoms with Crippen molar-refractivity contribution in [2.24, 2.45) is 5.73 Å². The molecule has 2 bridgehead atoms. The fourth-order valence-electron chi connectivity index (χ4n) is 3.75. The molecular weight excluding hydrogens is 276 g/mol. The minimum atomic E-state index is -0.695. The van der Waals surface area contributed by atoms with Gasteiger partial charge in [-0.3, -0.25) is 4.79 Å². The lowest BCUT2D eigenvalue weighted by molar-refractivity contribution is 0.0994. The highest BCUT2D eigenvalue weighted by Crippen LogP contribution is 2.54. The van der Waals surface area contributed by atoms with E-state index in [0.717, 1.165) is 36.6 Å². The molecule has 1 aromatic heterocycles. The van der Waals surface area contributed by atoms with Crippen LogP contribution in [0.2, 0.25) is 0 Å². The number of amides is 1. The fourth-order valence-corrected chi connectivity index (χ4v) is 3.75. The van der Waals surface area contributed by atoms with E-state index >= 15 is 0 Å². The summed E-state index contributed by atoms with van der Waals surface area (Å²) in [5.74, 6) is -1.38. The summed E-state index contributed by atoms with van der Waals surface area (Å²) in [7, 11) is 0. The van der Waals surface area contributed by atoms with Crippen molar-refractivity contribution >= 4 is 5.91 Å². The lowest BCUT2D eigenvalue weighted by atomic mass is 9.95. The minimum Gasteiger partial charge on any atom is -0.364 e. The van der Waals surface area contributed by atoms with Crippen molar-refractivity contribution in [3.63, 3.8) is 0 Å². The Morgan fingerprint density at radius 2 is 2.05 bits per heavy atom. The van der Waals surface area contributed by atoms with Crippen LogP contribution in [-0.4, -0.2) is 15.7 Å². The van der Waals surface area contributed by atoms with Crippen molar-refractivity contribution in [3.05, 3.63) is 46.8 Å². The van der Waals surface area contributed by atoms with Gasteiger partial charge in [0.1, 0.15) is 11.5 Å². The highest BCUT2D eigenvalue weighted by Gasteiger charge is 2.44. The molecule has 1 aromatic carbocycles. The number of carbonyl (C=O) groups excluding carboxylic acids is 1. The number of nitrogens with zero attached hydrogens (tertiary/aromatic N) is 2. The quantitative estimate of drug-likeness (QED) is 0.923. The van der Waals surface area contributed by atoms with E-state index in [1.54, 1.807) is 0 Å². The summed E-state index contributed by atoms with van der Waals surface area (Å²) in [6, 6.07) is 3.35. The molecule has 2 aliphatic carbocycles. The van der Waals surface area contributed by atoms with Crippen LogP contribution < -0.4 is 5.73 Å². The molecule has 1 fully saturated rings. The van der Waals surface area contributed by atoms with Crippen molar-refractivity contribution in [1.29, 1.82) is 0 Å². The van der Waals surface area contributed by atoms with Gasteiger partial charge in [0.15, 0.2) is 11.5 Å². The fraction of sp³-hybridized carbons (Fsp3) is 0.333. The van der Waals surface area contributed by atoms with Gasteiger partial charge in [0.05, 0.1) is 5.69 Å². The Kier molecular flexibility index (Phi) is 2.46. The van der Waals surface area contributed by atoms with E-state index < -0.39 is 17.5 Å². The number of carbonyl (C=O) groups is 1. The molecule has 1 saturated carbocycles. The highest BCUT2D eigenvalue weighted by molar-refractivity contribution is 5.93. The largest absolute Gasteiger partial charge is 0.364 e. The Balaban J connectivity index is 1.97. The minimum absolute atomic E-state index is 0.160. The number of rotatable bonds is 2. The number of fused-ring (bicyclic) bond motifs is 5. The Morgan fingerprint density at radius 3 is 2.76 bits per heavy atom. The zero-order chi connectivity index (χ0) is 14.7. The van der Waals surface area contributed by atoms with Crippen LogP contribution in [-0.2, 0) is 0 Å². The molecule has 0 saturated heterocycles. The van der Waals surface area contributed by atoms with Gasteiger partial charge in [0.25, 0.3) is 5.91 Å². The Hall–Kier alpha value is -2.24. The summed E-state index contributed by atoms with van der Waals surface area (Å²) in [5, 5.41) is 4.21. The number of halogens is 2. The van der Waals surface area contributed by atoms with Crippen molar-refractivity contribution < 1.29 is 13.6 Å². The molecule has 0 aliphatic heterocycles. The molecule has 6 heteroatoms. The molecule has 0 radical (unpaired) electrons. The third-order valence-electron chi connectivity index (χ3n) is 4.56. The maximum Gasteiger partial charge on any atom is 0.269 e. The molecule has 4 rings (SSSR count). The number of hydrogen-bond acceptors (Lipinski definition) is 2. The number of nitrogens with two attached hydrogens (primary N) is 1. The molecule has 108 valence electrons. The molecule has 0 spiro atoms. The first-order chi connectivity index (χ1) is 10.1. The van der Waals surface area contributed by atoms with Crippen LogP contribution in [0.5, 0.6) is 0 Å². The van der Waals surface area contributed by atoms with E-state index in [2.05, 4.69) is 5.10 Å². The molecule has 2 N–H and O–H groups in total. The standard InChI is InChI=1S/C15H13F2N3O/c16-9-3-4-11(10(17)6-9)20-14-8-2-1-7(5-8)12(14)13(19-20)15(18)21/h3-4,6-8H,1-2,5H2,(H2,18,21)/t7-,8+/m1/s1. The summed E-state index contributed by atoms with van der Waals surface area (Å²) in [4.78, 5) is 11.6. The molecular formula is C15H13F2N3O. The normalized spacial score (nSPS) is 22.6. The molecule has 0 unspecified atom stereocenters. The maximum atomic E-state index is 14.0. The summed E-state index contributed by atoms with van der Waals surface area (Å²) in [6.45, 7) is 0. The van der Waals surface area contributed by atoms with E-state index in [9.17, 15) is 13.6 Å². The number of primary amides is 1. The molecule has 21 heavy (non-hydrogen) atoms. The average Bonchev–Trinajstić information content (AvgIpc) is 3.09. The van der Waals surface area contributed by atoms with Gasteiger partial charge in [-0.1, -0.05) is 0 Å². The van der Waals surface area contributed by atoms with Crippen molar-refractivity contribution in [2.45, 2.75) is 31.1 Å². The average molecular weight is 289 g/mol. The SMILES string of the molecule is NC(=O)c1nn(-c2ccc(F)cc2F)c2c1[C@@H]1CC[C@H]2C1. The van der Waals surface area contributed by atoms with Crippen LogP contribution >= 0.6 is 0 Å². The zero-order valence-corrected chi connectivity index (χ0v) is 11.1. The molecule has 1 amide bonds. The van der Waals surface area contributed by atoms with Crippen molar-refractivity contribution in [1.82, 2.24) is 9.78 Å². The van der Waals surface area contributed by atoms with Crippen LogP contribution in [0.1, 0.15) is 52.8 Å². The van der Waals surface area contributed by atoms with Crippen molar-refractivity contribution in [3.8, 4) is 5.69 Å². The van der Waals surface area contributed by atoms with E-state index in [-0.39, 0.29) is 23.2 Å². The van der Waals surface area contributed by atoms with Crippen LogP contribution in [0, 0.1) is 11.6 Å². The smallest absolute Gasteiger partial charge is 0.269 e. The Bertz CT molecular complexity index is 769. The van der Waals surface area contributed by atoms with Gasteiger partial charge in [-0.05, 0) is 37.3 Å². The molecule has 2 aromatic rings. The third-order valence-corrected chi connectivity index (χ3v) is 4.56. The van der Waals surface area contributed by atoms with Crippen LogP contribution in [0.3, 0.4) is 0 Å². The first kappa shape index (κ1) is 12.5. The predicted molar refractivity (Wildman–Crippen MR) is 71.3 cm³/mol. The van der Waals surface area contributed by atoms with E-state index in [1.807, 2.05) is 0 Å². The second-order valence-electron chi connectivity index (χ2n) is 5.73. The van der Waals surface area contributed by atoms with Gasteiger partial charge in [0, 0.05) is 17.5 Å². The number of benzene rings is 1. The summed E-state index contributed by atoms with van der Waals surface area (Å²) in [6.07, 6.45) is 2.97. The monoisotopic (exact) mass is 289 g/mol. The van der Waals surface area contributed by atoms with Gasteiger partial charge < -0.3 is 5.73 Å². The lowest BCUT2D eigenvalue weighted by Crippen LogP contribution is -2.15. The number of hydrogen-bond donors (Lipinski definition) is 1. The topological polar surface area (TPSA) is 60.9 Å². The van der Waals surface area contributed by atoms with Crippen LogP contribution in [0.25, 0.3) is 5.69 Å². The summed E-state index contributed by atoms with van der Waals surface area (Å²) in [5.41, 5.74) is 7.52.